The summed E-state index contributed by atoms with van der Waals surface area (Å²) in [5, 5.41) is 2.98. The highest BCUT2D eigenvalue weighted by molar-refractivity contribution is 5.98. The molecular formula is C26H29N3O4. The number of para-hydroxylation sites is 1. The van der Waals surface area contributed by atoms with E-state index in [0.29, 0.717) is 49.7 Å². The maximum Gasteiger partial charge on any atom is 0.258 e. The third-order valence-electron chi connectivity index (χ3n) is 7.19. The Labute approximate surface area is 193 Å². The second-order valence-electron chi connectivity index (χ2n) is 9.24. The maximum absolute atomic E-state index is 13.3. The molecule has 5 rings (SSSR count). The normalized spacial score (nSPS) is 25.8. The molecule has 0 bridgehead atoms. The monoisotopic (exact) mass is 447 g/mol. The highest BCUT2D eigenvalue weighted by Gasteiger charge is 2.44. The molecule has 2 fully saturated rings. The standard InChI is InChI=1S/C26H29N3O4/c1-18(25(32)28-15-12-20(17-28)19-7-3-2-4-8-19)29-16-14-26(13-11-23(29)30)27-24(31)21-9-5-6-10-22(21)33-26/h2-10,18,20H,11-17H2,1H3,(H,27,31)/t18-,20+,26-/m0/s1. The van der Waals surface area contributed by atoms with Crippen LogP contribution in [0.5, 0.6) is 5.75 Å². The number of likely N-dealkylation sites (tertiary alicyclic amines) is 2. The Morgan fingerprint density at radius 1 is 1.06 bits per heavy atom. The van der Waals surface area contributed by atoms with Crippen LogP contribution < -0.4 is 10.1 Å². The second kappa shape index (κ2) is 8.54. The Hall–Kier alpha value is -3.35. The Morgan fingerprint density at radius 2 is 1.82 bits per heavy atom. The summed E-state index contributed by atoms with van der Waals surface area (Å²) in [7, 11) is 0. The first-order valence-corrected chi connectivity index (χ1v) is 11.7. The number of hydrogen-bond donors (Lipinski definition) is 1. The van der Waals surface area contributed by atoms with Gasteiger partial charge in [0.25, 0.3) is 5.91 Å². The molecule has 3 aliphatic heterocycles. The van der Waals surface area contributed by atoms with Gasteiger partial charge in [0, 0.05) is 44.8 Å². The van der Waals surface area contributed by atoms with Crippen LogP contribution in [0.2, 0.25) is 0 Å². The van der Waals surface area contributed by atoms with E-state index in [1.807, 2.05) is 36.1 Å². The van der Waals surface area contributed by atoms with Gasteiger partial charge in [0.1, 0.15) is 11.8 Å². The molecule has 0 aromatic heterocycles. The van der Waals surface area contributed by atoms with Crippen molar-refractivity contribution in [1.29, 1.82) is 0 Å². The van der Waals surface area contributed by atoms with Crippen LogP contribution in [-0.2, 0) is 9.59 Å². The molecule has 33 heavy (non-hydrogen) atoms. The number of ether oxygens (including phenoxy) is 1. The minimum Gasteiger partial charge on any atom is -0.467 e. The molecule has 0 unspecified atom stereocenters. The quantitative estimate of drug-likeness (QED) is 0.785. The first-order valence-electron chi connectivity index (χ1n) is 11.7. The van der Waals surface area contributed by atoms with E-state index in [-0.39, 0.29) is 24.1 Å². The van der Waals surface area contributed by atoms with E-state index >= 15 is 0 Å². The molecule has 3 amide bonds. The molecule has 2 saturated heterocycles. The van der Waals surface area contributed by atoms with E-state index in [9.17, 15) is 14.4 Å². The minimum absolute atomic E-state index is 0.0170. The number of carbonyl (C=O) groups is 3. The van der Waals surface area contributed by atoms with Crippen molar-refractivity contribution in [2.45, 2.75) is 50.3 Å². The molecule has 172 valence electrons. The lowest BCUT2D eigenvalue weighted by atomic mass is 9.99. The Balaban J connectivity index is 1.26. The number of nitrogens with zero attached hydrogens (tertiary/aromatic N) is 2. The van der Waals surface area contributed by atoms with Crippen LogP contribution in [0.3, 0.4) is 0 Å². The molecular weight excluding hydrogens is 418 g/mol. The Morgan fingerprint density at radius 3 is 2.64 bits per heavy atom. The van der Waals surface area contributed by atoms with Crippen molar-refractivity contribution in [3.63, 3.8) is 0 Å². The van der Waals surface area contributed by atoms with E-state index < -0.39 is 11.8 Å². The highest BCUT2D eigenvalue weighted by atomic mass is 16.5. The maximum atomic E-state index is 13.3. The smallest absolute Gasteiger partial charge is 0.258 e. The lowest BCUT2D eigenvalue weighted by Gasteiger charge is -2.38. The summed E-state index contributed by atoms with van der Waals surface area (Å²) in [4.78, 5) is 42.5. The molecule has 1 spiro atoms. The average Bonchev–Trinajstić information content (AvgIpc) is 3.28. The lowest BCUT2D eigenvalue weighted by Crippen LogP contribution is -2.56. The molecule has 3 aliphatic rings. The zero-order valence-corrected chi connectivity index (χ0v) is 18.8. The molecule has 0 saturated carbocycles. The summed E-state index contributed by atoms with van der Waals surface area (Å²) >= 11 is 0. The molecule has 2 aromatic rings. The van der Waals surface area contributed by atoms with Gasteiger partial charge in [-0.15, -0.1) is 0 Å². The zero-order valence-electron chi connectivity index (χ0n) is 18.8. The van der Waals surface area contributed by atoms with Gasteiger partial charge in [-0.2, -0.15) is 0 Å². The Kier molecular flexibility index (Phi) is 5.56. The van der Waals surface area contributed by atoms with Gasteiger partial charge < -0.3 is 19.9 Å². The van der Waals surface area contributed by atoms with Crippen molar-refractivity contribution in [2.75, 3.05) is 19.6 Å². The van der Waals surface area contributed by atoms with Gasteiger partial charge in [-0.1, -0.05) is 42.5 Å². The van der Waals surface area contributed by atoms with Crippen LogP contribution in [-0.4, -0.2) is 58.9 Å². The number of rotatable bonds is 3. The van der Waals surface area contributed by atoms with Gasteiger partial charge in [0.2, 0.25) is 11.8 Å². The largest absolute Gasteiger partial charge is 0.467 e. The highest BCUT2D eigenvalue weighted by Crippen LogP contribution is 2.34. The van der Waals surface area contributed by atoms with Crippen LogP contribution in [0.25, 0.3) is 0 Å². The number of carbonyl (C=O) groups excluding carboxylic acids is 3. The number of amides is 3. The van der Waals surface area contributed by atoms with E-state index in [0.717, 1.165) is 6.42 Å². The van der Waals surface area contributed by atoms with Gasteiger partial charge >= 0.3 is 0 Å². The fraction of sp³-hybridized carbons (Fsp3) is 0.423. The topological polar surface area (TPSA) is 79.0 Å². The summed E-state index contributed by atoms with van der Waals surface area (Å²) in [5.41, 5.74) is 0.824. The van der Waals surface area contributed by atoms with Crippen LogP contribution in [0, 0.1) is 0 Å². The van der Waals surface area contributed by atoms with Crippen molar-refractivity contribution in [3.8, 4) is 5.75 Å². The fourth-order valence-corrected chi connectivity index (χ4v) is 5.25. The molecule has 7 heteroatoms. The van der Waals surface area contributed by atoms with E-state index in [2.05, 4.69) is 17.4 Å². The summed E-state index contributed by atoms with van der Waals surface area (Å²) in [6, 6.07) is 16.9. The minimum atomic E-state index is -0.926. The summed E-state index contributed by atoms with van der Waals surface area (Å²) < 4.78 is 6.20. The van der Waals surface area contributed by atoms with Gasteiger partial charge in [-0.25, -0.2) is 0 Å². The predicted octanol–water partition coefficient (Wildman–Crippen LogP) is 2.92. The van der Waals surface area contributed by atoms with Crippen molar-refractivity contribution < 1.29 is 19.1 Å². The van der Waals surface area contributed by atoms with Crippen LogP contribution in [0.1, 0.15) is 54.4 Å². The zero-order chi connectivity index (χ0) is 23.0. The Bertz CT molecular complexity index is 1070. The molecule has 7 nitrogen and oxygen atoms in total. The molecule has 3 atom stereocenters. The van der Waals surface area contributed by atoms with Gasteiger partial charge in [0.15, 0.2) is 5.72 Å². The van der Waals surface area contributed by atoms with Gasteiger partial charge in [-0.05, 0) is 31.0 Å². The van der Waals surface area contributed by atoms with E-state index in [1.165, 1.54) is 5.56 Å². The van der Waals surface area contributed by atoms with Crippen molar-refractivity contribution in [2.24, 2.45) is 0 Å². The fourth-order valence-electron chi connectivity index (χ4n) is 5.25. The van der Waals surface area contributed by atoms with Gasteiger partial charge in [-0.3, -0.25) is 14.4 Å². The third kappa shape index (κ3) is 4.08. The van der Waals surface area contributed by atoms with Crippen LogP contribution in [0.15, 0.2) is 54.6 Å². The second-order valence-corrected chi connectivity index (χ2v) is 9.24. The number of nitrogens with one attached hydrogen (secondary N) is 1. The number of fused-ring (bicyclic) bond motifs is 1. The predicted molar refractivity (Wildman–Crippen MR) is 123 cm³/mol. The summed E-state index contributed by atoms with van der Waals surface area (Å²) in [5.74, 6) is 0.581. The molecule has 1 N–H and O–H groups in total. The first kappa shape index (κ1) is 21.5. The van der Waals surface area contributed by atoms with Crippen molar-refractivity contribution in [1.82, 2.24) is 15.1 Å². The molecule has 0 radical (unpaired) electrons. The van der Waals surface area contributed by atoms with Gasteiger partial charge in [0.05, 0.1) is 5.56 Å². The molecule has 2 aromatic carbocycles. The number of benzene rings is 2. The van der Waals surface area contributed by atoms with Crippen molar-refractivity contribution >= 4 is 17.7 Å². The first-order chi connectivity index (χ1) is 16.0. The summed E-state index contributed by atoms with van der Waals surface area (Å²) in [6.45, 7) is 3.54. The van der Waals surface area contributed by atoms with Crippen molar-refractivity contribution in [3.05, 3.63) is 65.7 Å². The van der Waals surface area contributed by atoms with E-state index in [1.54, 1.807) is 23.1 Å². The lowest BCUT2D eigenvalue weighted by molar-refractivity contribution is -0.144. The van der Waals surface area contributed by atoms with Crippen LogP contribution in [0.4, 0.5) is 0 Å². The summed E-state index contributed by atoms with van der Waals surface area (Å²) in [6.07, 6.45) is 1.96. The molecule has 3 heterocycles. The average molecular weight is 448 g/mol. The third-order valence-corrected chi connectivity index (χ3v) is 7.19. The molecule has 0 aliphatic carbocycles. The van der Waals surface area contributed by atoms with Crippen LogP contribution >= 0.6 is 0 Å². The SMILES string of the molecule is C[C@@H](C(=O)N1CC[C@@H](c2ccccc2)C1)N1CC[C@@]2(CCC1=O)NC(=O)c1ccccc1O2. The van der Waals surface area contributed by atoms with E-state index in [4.69, 9.17) is 4.74 Å². The number of hydrogen-bond acceptors (Lipinski definition) is 4.